The zero-order chi connectivity index (χ0) is 13.8. The van der Waals surface area contributed by atoms with Gasteiger partial charge in [-0.05, 0) is 44.9 Å². The van der Waals surface area contributed by atoms with Crippen LogP contribution in [-0.4, -0.2) is 31.1 Å². The second-order valence-corrected chi connectivity index (χ2v) is 5.27. The Kier molecular flexibility index (Phi) is 4.43. The second kappa shape index (κ2) is 6.06. The molecule has 2 rings (SSSR count). The molecule has 0 aliphatic carbocycles. The van der Waals surface area contributed by atoms with E-state index in [1.54, 1.807) is 0 Å². The summed E-state index contributed by atoms with van der Waals surface area (Å²) in [6.45, 7) is 5.55. The van der Waals surface area contributed by atoms with Gasteiger partial charge >= 0.3 is 0 Å². The summed E-state index contributed by atoms with van der Waals surface area (Å²) in [4.78, 5) is 14.5. The Bertz CT molecular complexity index is 447. The van der Waals surface area contributed by atoms with Crippen LogP contribution >= 0.6 is 0 Å². The van der Waals surface area contributed by atoms with Gasteiger partial charge in [0, 0.05) is 18.3 Å². The number of nitrogens with zero attached hydrogens (tertiary/aromatic N) is 1. The molecule has 2 unspecified atom stereocenters. The molecule has 1 aromatic rings. The summed E-state index contributed by atoms with van der Waals surface area (Å²) >= 11 is 0. The number of rotatable bonds is 3. The molecule has 1 saturated heterocycles. The van der Waals surface area contributed by atoms with Gasteiger partial charge in [0.25, 0.3) is 0 Å². The molecule has 1 aliphatic rings. The van der Waals surface area contributed by atoms with E-state index in [9.17, 15) is 4.79 Å². The first-order valence-electron chi connectivity index (χ1n) is 6.96. The number of aryl methyl sites for hydroxylation is 1. The lowest BCUT2D eigenvalue weighted by atomic mass is 10.1. The number of carbonyl (C=O) groups excluding carboxylic acids is 1. The standard InChI is InChI=1S/C15H23N3O/c1-11-5-3-4-6-13(11)18-10-8-12(2)17-15(19)14(18)7-9-16/h3-6,12,14H,7-10,16H2,1-2H3,(H,17,19). The highest BCUT2D eigenvalue weighted by Crippen LogP contribution is 2.25. The first kappa shape index (κ1) is 13.9. The number of nitrogens with one attached hydrogen (secondary N) is 1. The molecule has 1 fully saturated rings. The molecule has 1 heterocycles. The molecule has 1 aromatic carbocycles. The van der Waals surface area contributed by atoms with E-state index >= 15 is 0 Å². The minimum Gasteiger partial charge on any atom is -0.359 e. The molecule has 4 heteroatoms. The maximum Gasteiger partial charge on any atom is 0.242 e. The fourth-order valence-electron chi connectivity index (χ4n) is 2.66. The van der Waals surface area contributed by atoms with Gasteiger partial charge in [-0.3, -0.25) is 4.79 Å². The average Bonchev–Trinajstić information content (AvgIpc) is 2.51. The van der Waals surface area contributed by atoms with Crippen LogP contribution in [0.25, 0.3) is 0 Å². The Balaban J connectivity index is 2.33. The molecule has 0 spiro atoms. The third-order valence-corrected chi connectivity index (χ3v) is 3.74. The maximum atomic E-state index is 12.3. The molecule has 0 saturated carbocycles. The van der Waals surface area contributed by atoms with Gasteiger partial charge in [-0.15, -0.1) is 0 Å². The number of hydrogen-bond donors (Lipinski definition) is 2. The van der Waals surface area contributed by atoms with Crippen molar-refractivity contribution in [1.29, 1.82) is 0 Å². The Hall–Kier alpha value is -1.55. The van der Waals surface area contributed by atoms with Gasteiger partial charge in [0.2, 0.25) is 5.91 Å². The summed E-state index contributed by atoms with van der Waals surface area (Å²) in [5.41, 5.74) is 8.02. The van der Waals surface area contributed by atoms with E-state index in [-0.39, 0.29) is 18.0 Å². The number of para-hydroxylation sites is 1. The summed E-state index contributed by atoms with van der Waals surface area (Å²) in [6, 6.07) is 8.28. The Morgan fingerprint density at radius 1 is 1.42 bits per heavy atom. The van der Waals surface area contributed by atoms with Crippen molar-refractivity contribution in [3.8, 4) is 0 Å². The predicted octanol–water partition coefficient (Wildman–Crippen LogP) is 1.43. The van der Waals surface area contributed by atoms with Crippen molar-refractivity contribution in [1.82, 2.24) is 5.32 Å². The van der Waals surface area contributed by atoms with Crippen LogP contribution in [-0.2, 0) is 4.79 Å². The molecule has 0 aromatic heterocycles. The molecule has 19 heavy (non-hydrogen) atoms. The number of benzene rings is 1. The Labute approximate surface area is 115 Å². The largest absolute Gasteiger partial charge is 0.359 e. The smallest absolute Gasteiger partial charge is 0.242 e. The van der Waals surface area contributed by atoms with Crippen LogP contribution in [0, 0.1) is 6.92 Å². The molecule has 4 nitrogen and oxygen atoms in total. The quantitative estimate of drug-likeness (QED) is 0.865. The van der Waals surface area contributed by atoms with Gasteiger partial charge in [0.15, 0.2) is 0 Å². The number of carbonyl (C=O) groups is 1. The fraction of sp³-hybridized carbons (Fsp3) is 0.533. The minimum atomic E-state index is -0.156. The van der Waals surface area contributed by atoms with E-state index < -0.39 is 0 Å². The monoisotopic (exact) mass is 261 g/mol. The van der Waals surface area contributed by atoms with Crippen LogP contribution in [0.15, 0.2) is 24.3 Å². The molecule has 1 aliphatic heterocycles. The normalized spacial score (nSPS) is 23.9. The SMILES string of the molecule is Cc1ccccc1N1CCC(C)NC(=O)C1CCN. The van der Waals surface area contributed by atoms with E-state index in [1.165, 1.54) is 5.56 Å². The molecule has 0 bridgehead atoms. The number of nitrogens with two attached hydrogens (primary N) is 1. The van der Waals surface area contributed by atoms with Gasteiger partial charge < -0.3 is 16.0 Å². The maximum absolute atomic E-state index is 12.3. The van der Waals surface area contributed by atoms with Crippen molar-refractivity contribution >= 4 is 11.6 Å². The van der Waals surface area contributed by atoms with Crippen LogP contribution in [0.1, 0.15) is 25.3 Å². The van der Waals surface area contributed by atoms with Crippen LogP contribution < -0.4 is 16.0 Å². The van der Waals surface area contributed by atoms with Gasteiger partial charge in [0.05, 0.1) is 0 Å². The molecular weight excluding hydrogens is 238 g/mol. The molecule has 2 atom stereocenters. The summed E-state index contributed by atoms with van der Waals surface area (Å²) in [7, 11) is 0. The highest BCUT2D eigenvalue weighted by Gasteiger charge is 2.30. The minimum absolute atomic E-state index is 0.0960. The van der Waals surface area contributed by atoms with Crippen molar-refractivity contribution in [2.75, 3.05) is 18.0 Å². The van der Waals surface area contributed by atoms with E-state index in [0.717, 1.165) is 18.7 Å². The lowest BCUT2D eigenvalue weighted by molar-refractivity contribution is -0.122. The average molecular weight is 261 g/mol. The zero-order valence-corrected chi connectivity index (χ0v) is 11.7. The Morgan fingerprint density at radius 2 is 2.16 bits per heavy atom. The second-order valence-electron chi connectivity index (χ2n) is 5.27. The van der Waals surface area contributed by atoms with Crippen molar-refractivity contribution < 1.29 is 4.79 Å². The number of anilines is 1. The van der Waals surface area contributed by atoms with Gasteiger partial charge in [0.1, 0.15) is 6.04 Å². The van der Waals surface area contributed by atoms with E-state index in [4.69, 9.17) is 5.73 Å². The third-order valence-electron chi connectivity index (χ3n) is 3.74. The van der Waals surface area contributed by atoms with Gasteiger partial charge in [-0.1, -0.05) is 18.2 Å². The lowest BCUT2D eigenvalue weighted by Gasteiger charge is -2.31. The first-order valence-corrected chi connectivity index (χ1v) is 6.96. The zero-order valence-electron chi connectivity index (χ0n) is 11.7. The summed E-state index contributed by atoms with van der Waals surface area (Å²) in [5, 5.41) is 3.06. The number of hydrogen-bond acceptors (Lipinski definition) is 3. The summed E-state index contributed by atoms with van der Waals surface area (Å²) in [6.07, 6.45) is 1.65. The van der Waals surface area contributed by atoms with Gasteiger partial charge in [-0.25, -0.2) is 0 Å². The molecular formula is C15H23N3O. The highest BCUT2D eigenvalue weighted by molar-refractivity contribution is 5.86. The molecule has 0 radical (unpaired) electrons. The van der Waals surface area contributed by atoms with Crippen LogP contribution in [0.5, 0.6) is 0 Å². The molecule has 1 amide bonds. The van der Waals surface area contributed by atoms with E-state index in [0.29, 0.717) is 13.0 Å². The highest BCUT2D eigenvalue weighted by atomic mass is 16.2. The van der Waals surface area contributed by atoms with Gasteiger partial charge in [-0.2, -0.15) is 0 Å². The van der Waals surface area contributed by atoms with Crippen molar-refractivity contribution in [3.63, 3.8) is 0 Å². The third kappa shape index (κ3) is 3.07. The predicted molar refractivity (Wildman–Crippen MR) is 78.2 cm³/mol. The molecule has 3 N–H and O–H groups in total. The van der Waals surface area contributed by atoms with Crippen molar-refractivity contribution in [2.24, 2.45) is 5.73 Å². The topological polar surface area (TPSA) is 58.4 Å². The number of amides is 1. The van der Waals surface area contributed by atoms with Crippen LogP contribution in [0.2, 0.25) is 0 Å². The van der Waals surface area contributed by atoms with E-state index in [2.05, 4.69) is 36.2 Å². The van der Waals surface area contributed by atoms with Crippen molar-refractivity contribution in [3.05, 3.63) is 29.8 Å². The van der Waals surface area contributed by atoms with Crippen LogP contribution in [0.3, 0.4) is 0 Å². The fourth-order valence-corrected chi connectivity index (χ4v) is 2.66. The van der Waals surface area contributed by atoms with E-state index in [1.807, 2.05) is 12.1 Å². The van der Waals surface area contributed by atoms with Crippen molar-refractivity contribution in [2.45, 2.75) is 38.8 Å². The lowest BCUT2D eigenvalue weighted by Crippen LogP contribution is -2.46. The van der Waals surface area contributed by atoms with Crippen LogP contribution in [0.4, 0.5) is 5.69 Å². The first-order chi connectivity index (χ1) is 9.13. The summed E-state index contributed by atoms with van der Waals surface area (Å²) < 4.78 is 0. The Morgan fingerprint density at radius 3 is 2.84 bits per heavy atom. The summed E-state index contributed by atoms with van der Waals surface area (Å²) in [5.74, 6) is 0.0960. The molecule has 104 valence electrons.